The third kappa shape index (κ3) is 3.60. The van der Waals surface area contributed by atoms with E-state index >= 15 is 0 Å². The predicted molar refractivity (Wildman–Crippen MR) is 98.5 cm³/mol. The molecule has 0 aliphatic carbocycles. The molecule has 23 heavy (non-hydrogen) atoms. The van der Waals surface area contributed by atoms with Crippen LogP contribution in [0, 0.1) is 0 Å². The Morgan fingerprint density at radius 2 is 1.78 bits per heavy atom. The number of anilines is 2. The fourth-order valence-electron chi connectivity index (χ4n) is 2.30. The molecule has 1 aromatic heterocycles. The smallest absolute Gasteiger partial charge is 0.255 e. The zero-order valence-electron chi connectivity index (χ0n) is 13.1. The van der Waals surface area contributed by atoms with Crippen LogP contribution in [0.5, 0.6) is 0 Å². The Balaban J connectivity index is 1.77. The first-order chi connectivity index (χ1) is 11.1. The summed E-state index contributed by atoms with van der Waals surface area (Å²) in [6.45, 7) is 0. The van der Waals surface area contributed by atoms with Crippen LogP contribution in [0.15, 0.2) is 66.0 Å². The van der Waals surface area contributed by atoms with E-state index in [-0.39, 0.29) is 5.91 Å². The van der Waals surface area contributed by atoms with Gasteiger partial charge in [-0.25, -0.2) is 0 Å². The Labute approximate surface area is 140 Å². The molecule has 0 spiro atoms. The van der Waals surface area contributed by atoms with Crippen molar-refractivity contribution in [2.75, 3.05) is 24.3 Å². The van der Waals surface area contributed by atoms with Crippen LogP contribution < -0.4 is 10.2 Å². The molecular weight excluding hydrogens is 304 g/mol. The van der Waals surface area contributed by atoms with Gasteiger partial charge in [-0.2, -0.15) is 0 Å². The molecule has 0 saturated carbocycles. The summed E-state index contributed by atoms with van der Waals surface area (Å²) in [6.07, 6.45) is 0. The lowest BCUT2D eigenvalue weighted by Gasteiger charge is -2.13. The fraction of sp³-hybridized carbons (Fsp3) is 0.105. The van der Waals surface area contributed by atoms with Crippen LogP contribution in [0.3, 0.4) is 0 Å². The maximum absolute atomic E-state index is 12.4. The van der Waals surface area contributed by atoms with Crippen LogP contribution >= 0.6 is 11.3 Å². The summed E-state index contributed by atoms with van der Waals surface area (Å²) in [5, 5.41) is 4.98. The molecule has 2 aromatic carbocycles. The second kappa shape index (κ2) is 6.67. The molecule has 4 heteroatoms. The summed E-state index contributed by atoms with van der Waals surface area (Å²) in [7, 11) is 3.98. The van der Waals surface area contributed by atoms with Gasteiger partial charge in [0.05, 0.1) is 0 Å². The van der Waals surface area contributed by atoms with Crippen LogP contribution in [0.25, 0.3) is 10.4 Å². The van der Waals surface area contributed by atoms with Crippen molar-refractivity contribution < 1.29 is 4.79 Å². The summed E-state index contributed by atoms with van der Waals surface area (Å²) in [5.74, 6) is -0.0963. The number of thiophene rings is 1. The zero-order valence-corrected chi connectivity index (χ0v) is 13.9. The number of rotatable bonds is 4. The number of hydrogen-bond donors (Lipinski definition) is 1. The topological polar surface area (TPSA) is 32.3 Å². The minimum Gasteiger partial charge on any atom is -0.378 e. The zero-order chi connectivity index (χ0) is 16.2. The highest BCUT2D eigenvalue weighted by Crippen LogP contribution is 2.25. The molecule has 1 amide bonds. The predicted octanol–water partition coefficient (Wildman–Crippen LogP) is 4.73. The van der Waals surface area contributed by atoms with Crippen molar-refractivity contribution >= 4 is 28.6 Å². The highest BCUT2D eigenvalue weighted by Gasteiger charge is 2.08. The van der Waals surface area contributed by atoms with Gasteiger partial charge in [0.2, 0.25) is 0 Å². The van der Waals surface area contributed by atoms with Gasteiger partial charge in [-0.05, 0) is 53.4 Å². The molecule has 3 aromatic rings. The molecule has 0 radical (unpaired) electrons. The number of benzene rings is 2. The normalized spacial score (nSPS) is 10.3. The van der Waals surface area contributed by atoms with E-state index in [2.05, 4.69) is 11.4 Å². The standard InChI is InChI=1S/C19H18N2OS/c1-21(2)17-10-8-16(9-11-17)20-19(22)15-6-3-5-14(13-15)18-7-4-12-23-18/h3-13H,1-2H3,(H,20,22). The molecule has 1 N–H and O–H groups in total. The van der Waals surface area contributed by atoms with E-state index in [9.17, 15) is 4.79 Å². The molecule has 0 aliphatic rings. The second-order valence-electron chi connectivity index (χ2n) is 5.45. The monoisotopic (exact) mass is 322 g/mol. The number of nitrogens with zero attached hydrogens (tertiary/aromatic N) is 1. The van der Waals surface area contributed by atoms with Gasteiger partial charge in [0, 0.05) is 35.9 Å². The first-order valence-electron chi connectivity index (χ1n) is 7.36. The number of carbonyl (C=O) groups is 1. The Kier molecular flexibility index (Phi) is 4.44. The lowest BCUT2D eigenvalue weighted by molar-refractivity contribution is 0.102. The van der Waals surface area contributed by atoms with Crippen molar-refractivity contribution in [3.63, 3.8) is 0 Å². The van der Waals surface area contributed by atoms with E-state index in [0.717, 1.165) is 21.8 Å². The van der Waals surface area contributed by atoms with Crippen molar-refractivity contribution in [2.45, 2.75) is 0 Å². The van der Waals surface area contributed by atoms with Crippen LogP contribution in [0.2, 0.25) is 0 Å². The molecular formula is C19H18N2OS. The van der Waals surface area contributed by atoms with Crippen molar-refractivity contribution in [1.29, 1.82) is 0 Å². The molecule has 0 aliphatic heterocycles. The summed E-state index contributed by atoms with van der Waals surface area (Å²) in [6, 6.07) is 19.6. The van der Waals surface area contributed by atoms with Gasteiger partial charge in [-0.15, -0.1) is 11.3 Å². The average molecular weight is 322 g/mol. The molecule has 0 atom stereocenters. The molecule has 116 valence electrons. The maximum Gasteiger partial charge on any atom is 0.255 e. The molecule has 0 fully saturated rings. The lowest BCUT2D eigenvalue weighted by atomic mass is 10.1. The van der Waals surface area contributed by atoms with E-state index < -0.39 is 0 Å². The van der Waals surface area contributed by atoms with Crippen molar-refractivity contribution in [3.05, 3.63) is 71.6 Å². The fourth-order valence-corrected chi connectivity index (χ4v) is 3.03. The molecule has 3 nitrogen and oxygen atoms in total. The highest BCUT2D eigenvalue weighted by molar-refractivity contribution is 7.13. The summed E-state index contributed by atoms with van der Waals surface area (Å²) in [5.41, 5.74) is 3.62. The Morgan fingerprint density at radius 3 is 2.43 bits per heavy atom. The minimum atomic E-state index is -0.0963. The van der Waals surface area contributed by atoms with E-state index in [0.29, 0.717) is 5.56 Å². The quantitative estimate of drug-likeness (QED) is 0.753. The van der Waals surface area contributed by atoms with Gasteiger partial charge in [0.15, 0.2) is 0 Å². The van der Waals surface area contributed by atoms with Gasteiger partial charge in [0.25, 0.3) is 5.91 Å². The van der Waals surface area contributed by atoms with Gasteiger partial charge in [-0.3, -0.25) is 4.79 Å². The molecule has 1 heterocycles. The first kappa shape index (κ1) is 15.3. The molecule has 0 saturated heterocycles. The number of amides is 1. The first-order valence-corrected chi connectivity index (χ1v) is 8.24. The van der Waals surface area contributed by atoms with Crippen LogP contribution in [-0.2, 0) is 0 Å². The van der Waals surface area contributed by atoms with E-state index in [4.69, 9.17) is 0 Å². The number of hydrogen-bond acceptors (Lipinski definition) is 3. The van der Waals surface area contributed by atoms with Gasteiger partial charge in [0.1, 0.15) is 0 Å². The van der Waals surface area contributed by atoms with Gasteiger partial charge in [-0.1, -0.05) is 18.2 Å². The third-order valence-electron chi connectivity index (χ3n) is 3.57. The summed E-state index contributed by atoms with van der Waals surface area (Å²) < 4.78 is 0. The molecule has 3 rings (SSSR count). The summed E-state index contributed by atoms with van der Waals surface area (Å²) in [4.78, 5) is 15.6. The average Bonchev–Trinajstić information content (AvgIpc) is 3.10. The van der Waals surface area contributed by atoms with Crippen molar-refractivity contribution in [3.8, 4) is 10.4 Å². The second-order valence-corrected chi connectivity index (χ2v) is 6.40. The highest BCUT2D eigenvalue weighted by atomic mass is 32.1. The molecule has 0 bridgehead atoms. The SMILES string of the molecule is CN(C)c1ccc(NC(=O)c2cccc(-c3cccs3)c2)cc1. The van der Waals surface area contributed by atoms with E-state index in [1.54, 1.807) is 11.3 Å². The van der Waals surface area contributed by atoms with Gasteiger partial charge < -0.3 is 10.2 Å². The minimum absolute atomic E-state index is 0.0963. The lowest BCUT2D eigenvalue weighted by Crippen LogP contribution is -2.12. The van der Waals surface area contributed by atoms with E-state index in [1.807, 2.05) is 79.0 Å². The number of nitrogens with one attached hydrogen (secondary N) is 1. The van der Waals surface area contributed by atoms with Crippen LogP contribution in [0.1, 0.15) is 10.4 Å². The Hall–Kier alpha value is -2.59. The largest absolute Gasteiger partial charge is 0.378 e. The Morgan fingerprint density at radius 1 is 1.00 bits per heavy atom. The number of carbonyl (C=O) groups excluding carboxylic acids is 1. The summed E-state index contributed by atoms with van der Waals surface area (Å²) >= 11 is 1.67. The van der Waals surface area contributed by atoms with Crippen molar-refractivity contribution in [2.24, 2.45) is 0 Å². The van der Waals surface area contributed by atoms with Crippen LogP contribution in [-0.4, -0.2) is 20.0 Å². The third-order valence-corrected chi connectivity index (χ3v) is 4.49. The molecule has 0 unspecified atom stereocenters. The Bertz CT molecular complexity index is 793. The van der Waals surface area contributed by atoms with E-state index in [1.165, 1.54) is 0 Å². The van der Waals surface area contributed by atoms with Gasteiger partial charge >= 0.3 is 0 Å². The maximum atomic E-state index is 12.4. The van der Waals surface area contributed by atoms with Crippen LogP contribution in [0.4, 0.5) is 11.4 Å². The van der Waals surface area contributed by atoms with Crippen molar-refractivity contribution in [1.82, 2.24) is 0 Å².